The topological polar surface area (TPSA) is 58.7 Å². The minimum Gasteiger partial charge on any atom is -0.394 e. The fourth-order valence-electron chi connectivity index (χ4n) is 2.09. The molecule has 3 N–H and O–H groups in total. The second-order valence-electron chi connectivity index (χ2n) is 5.80. The van der Waals surface area contributed by atoms with Crippen LogP contribution in [-0.4, -0.2) is 54.0 Å². The Morgan fingerprint density at radius 2 is 2.19 bits per heavy atom. The molecule has 1 unspecified atom stereocenters. The van der Waals surface area contributed by atoms with E-state index in [4.69, 9.17) is 15.6 Å². The Balaban J connectivity index is 2.23. The molecule has 1 saturated heterocycles. The van der Waals surface area contributed by atoms with Gasteiger partial charge < -0.3 is 15.6 Å². The minimum atomic E-state index is -0.429. The van der Waals surface area contributed by atoms with Gasteiger partial charge in [0, 0.05) is 18.6 Å². The molecule has 0 aliphatic carbocycles. The van der Waals surface area contributed by atoms with E-state index in [1.807, 2.05) is 6.92 Å². The van der Waals surface area contributed by atoms with Gasteiger partial charge >= 0.3 is 0 Å². The molecule has 1 aliphatic heterocycles. The highest BCUT2D eigenvalue weighted by Crippen LogP contribution is 2.17. The molecule has 0 amide bonds. The summed E-state index contributed by atoms with van der Waals surface area (Å²) in [5.41, 5.74) is 5.44. The van der Waals surface area contributed by atoms with Crippen LogP contribution in [0.2, 0.25) is 0 Å². The zero-order chi connectivity index (χ0) is 12.2. The second-order valence-corrected chi connectivity index (χ2v) is 5.80. The number of morpholine rings is 1. The van der Waals surface area contributed by atoms with Gasteiger partial charge in [-0.05, 0) is 40.2 Å². The average Bonchev–Trinajstić information content (AvgIpc) is 2.16. The van der Waals surface area contributed by atoms with Crippen molar-refractivity contribution in [2.75, 3.05) is 32.8 Å². The lowest BCUT2D eigenvalue weighted by atomic mass is 9.98. The quantitative estimate of drug-likeness (QED) is 0.725. The van der Waals surface area contributed by atoms with E-state index < -0.39 is 5.54 Å². The highest BCUT2D eigenvalue weighted by Gasteiger charge is 2.27. The van der Waals surface area contributed by atoms with Crippen molar-refractivity contribution >= 4 is 0 Å². The molecule has 4 heteroatoms. The van der Waals surface area contributed by atoms with Gasteiger partial charge in [-0.15, -0.1) is 0 Å². The second kappa shape index (κ2) is 5.45. The number of nitrogens with two attached hydrogens (primary N) is 1. The van der Waals surface area contributed by atoms with Crippen LogP contribution in [0.1, 0.15) is 33.6 Å². The van der Waals surface area contributed by atoms with Crippen molar-refractivity contribution in [3.63, 3.8) is 0 Å². The third kappa shape index (κ3) is 4.78. The molecule has 16 heavy (non-hydrogen) atoms. The van der Waals surface area contributed by atoms with Gasteiger partial charge in [-0.1, -0.05) is 0 Å². The van der Waals surface area contributed by atoms with Crippen molar-refractivity contribution in [3.8, 4) is 0 Å². The fourth-order valence-corrected chi connectivity index (χ4v) is 2.09. The summed E-state index contributed by atoms with van der Waals surface area (Å²) in [6.07, 6.45) is 1.89. The van der Waals surface area contributed by atoms with E-state index in [1.165, 1.54) is 0 Å². The molecule has 0 aromatic heterocycles. The van der Waals surface area contributed by atoms with Gasteiger partial charge in [0.2, 0.25) is 0 Å². The van der Waals surface area contributed by atoms with E-state index >= 15 is 0 Å². The van der Waals surface area contributed by atoms with Crippen molar-refractivity contribution in [2.24, 2.45) is 5.73 Å². The van der Waals surface area contributed by atoms with Crippen LogP contribution in [0.3, 0.4) is 0 Å². The lowest BCUT2D eigenvalue weighted by Gasteiger charge is -2.38. The average molecular weight is 230 g/mol. The number of aliphatic hydroxyl groups is 1. The van der Waals surface area contributed by atoms with Crippen molar-refractivity contribution in [3.05, 3.63) is 0 Å². The van der Waals surface area contributed by atoms with Crippen LogP contribution >= 0.6 is 0 Å². The van der Waals surface area contributed by atoms with Gasteiger partial charge in [-0.3, -0.25) is 4.90 Å². The van der Waals surface area contributed by atoms with Crippen molar-refractivity contribution in [2.45, 2.75) is 44.8 Å². The Morgan fingerprint density at radius 1 is 1.50 bits per heavy atom. The van der Waals surface area contributed by atoms with Gasteiger partial charge in [0.05, 0.1) is 18.8 Å². The van der Waals surface area contributed by atoms with Gasteiger partial charge in [0.25, 0.3) is 0 Å². The maximum atomic E-state index is 9.06. The van der Waals surface area contributed by atoms with Crippen LogP contribution in [0.4, 0.5) is 0 Å². The summed E-state index contributed by atoms with van der Waals surface area (Å²) in [6.45, 7) is 10.0. The smallest absolute Gasteiger partial charge is 0.0753 e. The molecule has 0 radical (unpaired) electrons. The summed E-state index contributed by atoms with van der Waals surface area (Å²) in [6, 6.07) is 0. The van der Waals surface area contributed by atoms with E-state index in [0.29, 0.717) is 0 Å². The Hall–Kier alpha value is -0.160. The molecule has 1 aliphatic rings. The molecule has 0 bridgehead atoms. The van der Waals surface area contributed by atoms with Gasteiger partial charge in [-0.25, -0.2) is 0 Å². The maximum absolute atomic E-state index is 9.06. The number of nitrogens with zero attached hydrogens (tertiary/aromatic N) is 1. The molecule has 0 aromatic rings. The highest BCUT2D eigenvalue weighted by atomic mass is 16.5. The summed E-state index contributed by atoms with van der Waals surface area (Å²) in [5, 5.41) is 9.06. The maximum Gasteiger partial charge on any atom is 0.0753 e. The van der Waals surface area contributed by atoms with Crippen molar-refractivity contribution < 1.29 is 9.84 Å². The minimum absolute atomic E-state index is 0.0265. The Bertz CT molecular complexity index is 217. The van der Waals surface area contributed by atoms with Crippen LogP contribution in [0.5, 0.6) is 0 Å². The van der Waals surface area contributed by atoms with Crippen LogP contribution in [0.15, 0.2) is 0 Å². The Labute approximate surface area is 98.8 Å². The van der Waals surface area contributed by atoms with E-state index in [0.717, 1.165) is 39.1 Å². The molecule has 0 saturated carbocycles. The van der Waals surface area contributed by atoms with E-state index in [2.05, 4.69) is 18.7 Å². The SMILES string of the molecule is CC(N)(CO)CCCN1CCOC(C)(C)C1. The molecule has 0 aromatic carbocycles. The summed E-state index contributed by atoms with van der Waals surface area (Å²) < 4.78 is 5.66. The zero-order valence-corrected chi connectivity index (χ0v) is 10.8. The van der Waals surface area contributed by atoms with E-state index in [1.54, 1.807) is 0 Å². The van der Waals surface area contributed by atoms with Gasteiger partial charge in [0.15, 0.2) is 0 Å². The number of ether oxygens (including phenoxy) is 1. The first-order chi connectivity index (χ1) is 7.35. The van der Waals surface area contributed by atoms with Crippen LogP contribution in [-0.2, 0) is 4.74 Å². The van der Waals surface area contributed by atoms with E-state index in [-0.39, 0.29) is 12.2 Å². The van der Waals surface area contributed by atoms with Crippen LogP contribution in [0.25, 0.3) is 0 Å². The molecular weight excluding hydrogens is 204 g/mol. The first-order valence-electron chi connectivity index (χ1n) is 6.11. The normalized spacial score (nSPS) is 25.3. The Kier molecular flexibility index (Phi) is 4.73. The monoisotopic (exact) mass is 230 g/mol. The van der Waals surface area contributed by atoms with Crippen LogP contribution in [0, 0.1) is 0 Å². The molecule has 4 nitrogen and oxygen atoms in total. The van der Waals surface area contributed by atoms with E-state index in [9.17, 15) is 0 Å². The number of hydrogen-bond donors (Lipinski definition) is 2. The third-order valence-electron chi connectivity index (χ3n) is 3.09. The van der Waals surface area contributed by atoms with Crippen molar-refractivity contribution in [1.82, 2.24) is 4.90 Å². The van der Waals surface area contributed by atoms with Gasteiger partial charge in [-0.2, -0.15) is 0 Å². The molecule has 1 rings (SSSR count). The lowest BCUT2D eigenvalue weighted by molar-refractivity contribution is -0.0863. The fraction of sp³-hybridized carbons (Fsp3) is 1.00. The first-order valence-corrected chi connectivity index (χ1v) is 6.11. The number of aliphatic hydroxyl groups excluding tert-OH is 1. The lowest BCUT2D eigenvalue weighted by Crippen LogP contribution is -2.49. The predicted molar refractivity (Wildman–Crippen MR) is 65.4 cm³/mol. The van der Waals surface area contributed by atoms with Crippen molar-refractivity contribution in [1.29, 1.82) is 0 Å². The molecular formula is C12H26N2O2. The highest BCUT2D eigenvalue weighted by molar-refractivity contribution is 4.81. The standard InChI is InChI=1S/C12H26N2O2/c1-11(2)9-14(7-8-16-11)6-4-5-12(3,13)10-15/h15H,4-10,13H2,1-3H3. The molecule has 1 fully saturated rings. The molecule has 0 spiro atoms. The predicted octanol–water partition coefficient (Wildman–Crippen LogP) is 0.587. The Morgan fingerprint density at radius 3 is 2.75 bits per heavy atom. The zero-order valence-electron chi connectivity index (χ0n) is 10.8. The first kappa shape index (κ1) is 13.9. The summed E-state index contributed by atoms with van der Waals surface area (Å²) in [7, 11) is 0. The number of rotatable bonds is 5. The number of hydrogen-bond acceptors (Lipinski definition) is 4. The van der Waals surface area contributed by atoms with Gasteiger partial charge in [0.1, 0.15) is 0 Å². The molecule has 96 valence electrons. The summed E-state index contributed by atoms with van der Waals surface area (Å²) in [4.78, 5) is 2.41. The molecule has 1 heterocycles. The summed E-state index contributed by atoms with van der Waals surface area (Å²) >= 11 is 0. The summed E-state index contributed by atoms with van der Waals surface area (Å²) in [5.74, 6) is 0. The largest absolute Gasteiger partial charge is 0.394 e. The van der Waals surface area contributed by atoms with Crippen LogP contribution < -0.4 is 5.73 Å². The molecule has 1 atom stereocenters. The third-order valence-corrected chi connectivity index (χ3v) is 3.09.